The Morgan fingerprint density at radius 3 is 2.50 bits per heavy atom. The Morgan fingerprint density at radius 1 is 1.43 bits per heavy atom. The Kier molecular flexibility index (Phi) is 3.49. The zero-order chi connectivity index (χ0) is 10.7. The maximum absolute atomic E-state index is 9.72. The van der Waals surface area contributed by atoms with Crippen molar-refractivity contribution in [2.24, 2.45) is 5.73 Å². The highest BCUT2D eigenvalue weighted by atomic mass is 16.5. The second-order valence-electron chi connectivity index (χ2n) is 3.53. The molecule has 0 aliphatic carbocycles. The van der Waals surface area contributed by atoms with Gasteiger partial charge in [-0.3, -0.25) is 0 Å². The molecule has 0 amide bonds. The summed E-state index contributed by atoms with van der Waals surface area (Å²) in [4.78, 5) is 0. The molecule has 0 radical (unpaired) electrons. The van der Waals surface area contributed by atoms with Gasteiger partial charge in [0, 0.05) is 6.04 Å². The van der Waals surface area contributed by atoms with Gasteiger partial charge in [0.05, 0.1) is 13.2 Å². The molecular formula is C11H17NO2. The van der Waals surface area contributed by atoms with Crippen molar-refractivity contribution >= 4 is 0 Å². The molecule has 3 N–H and O–H groups in total. The molecule has 0 spiro atoms. The van der Waals surface area contributed by atoms with Crippen LogP contribution >= 0.6 is 0 Å². The lowest BCUT2D eigenvalue weighted by Gasteiger charge is -2.16. The van der Waals surface area contributed by atoms with Crippen molar-refractivity contribution in [1.82, 2.24) is 0 Å². The molecule has 14 heavy (non-hydrogen) atoms. The summed E-state index contributed by atoms with van der Waals surface area (Å²) in [7, 11) is 1.63. The van der Waals surface area contributed by atoms with Crippen LogP contribution in [0.1, 0.15) is 24.2 Å². The van der Waals surface area contributed by atoms with Crippen LogP contribution < -0.4 is 10.5 Å². The summed E-state index contributed by atoms with van der Waals surface area (Å²) in [5, 5.41) is 9.72. The third-order valence-electron chi connectivity index (χ3n) is 2.26. The number of hydrogen-bond donors (Lipinski definition) is 2. The molecule has 3 nitrogen and oxygen atoms in total. The molecule has 1 rings (SSSR count). The average Bonchev–Trinajstić information content (AvgIpc) is 2.16. The minimum Gasteiger partial charge on any atom is -0.496 e. The topological polar surface area (TPSA) is 55.5 Å². The van der Waals surface area contributed by atoms with Crippen LogP contribution in [0.15, 0.2) is 18.2 Å². The SMILES string of the molecule is COc1ccc([C@H](O)[C@@H](C)N)cc1C. The molecule has 1 aromatic carbocycles. The van der Waals surface area contributed by atoms with Crippen LogP contribution in [0.2, 0.25) is 0 Å². The van der Waals surface area contributed by atoms with Gasteiger partial charge in [0.25, 0.3) is 0 Å². The first kappa shape index (κ1) is 11.0. The van der Waals surface area contributed by atoms with E-state index in [4.69, 9.17) is 10.5 Å². The van der Waals surface area contributed by atoms with Gasteiger partial charge in [-0.1, -0.05) is 6.07 Å². The Balaban J connectivity index is 2.96. The molecule has 0 unspecified atom stereocenters. The lowest BCUT2D eigenvalue weighted by atomic mass is 10.0. The van der Waals surface area contributed by atoms with Gasteiger partial charge in [-0.2, -0.15) is 0 Å². The summed E-state index contributed by atoms with van der Waals surface area (Å²) in [6.45, 7) is 3.72. The number of benzene rings is 1. The third kappa shape index (κ3) is 2.25. The molecule has 0 aromatic heterocycles. The second kappa shape index (κ2) is 4.44. The number of hydrogen-bond acceptors (Lipinski definition) is 3. The molecule has 2 atom stereocenters. The molecule has 78 valence electrons. The maximum atomic E-state index is 9.72. The first-order chi connectivity index (χ1) is 6.56. The highest BCUT2D eigenvalue weighted by Gasteiger charge is 2.13. The van der Waals surface area contributed by atoms with Crippen LogP contribution in [0.25, 0.3) is 0 Å². The smallest absolute Gasteiger partial charge is 0.121 e. The third-order valence-corrected chi connectivity index (χ3v) is 2.26. The van der Waals surface area contributed by atoms with Crippen molar-refractivity contribution in [3.05, 3.63) is 29.3 Å². The van der Waals surface area contributed by atoms with Gasteiger partial charge in [-0.25, -0.2) is 0 Å². The monoisotopic (exact) mass is 195 g/mol. The standard InChI is InChI=1S/C11H17NO2/c1-7-6-9(11(13)8(2)12)4-5-10(7)14-3/h4-6,8,11,13H,12H2,1-3H3/t8-,11-/m1/s1. The van der Waals surface area contributed by atoms with Gasteiger partial charge in [0.15, 0.2) is 0 Å². The number of nitrogens with two attached hydrogens (primary N) is 1. The zero-order valence-electron chi connectivity index (χ0n) is 8.82. The van der Waals surface area contributed by atoms with Gasteiger partial charge in [-0.15, -0.1) is 0 Å². The van der Waals surface area contributed by atoms with Crippen LogP contribution in [0.4, 0.5) is 0 Å². The predicted molar refractivity (Wildman–Crippen MR) is 56.3 cm³/mol. The van der Waals surface area contributed by atoms with Gasteiger partial charge in [-0.05, 0) is 37.1 Å². The molecular weight excluding hydrogens is 178 g/mol. The number of aryl methyl sites for hydroxylation is 1. The Hall–Kier alpha value is -1.06. The second-order valence-corrected chi connectivity index (χ2v) is 3.53. The molecule has 3 heteroatoms. The molecule has 0 saturated heterocycles. The van der Waals surface area contributed by atoms with Gasteiger partial charge in [0.2, 0.25) is 0 Å². The van der Waals surface area contributed by atoms with Crippen LogP contribution in [0, 0.1) is 6.92 Å². The van der Waals surface area contributed by atoms with E-state index >= 15 is 0 Å². The fraction of sp³-hybridized carbons (Fsp3) is 0.455. The van der Waals surface area contributed by atoms with Crippen LogP contribution in [0.3, 0.4) is 0 Å². The molecule has 0 fully saturated rings. The first-order valence-corrected chi connectivity index (χ1v) is 4.64. The van der Waals surface area contributed by atoms with Gasteiger partial charge in [0.1, 0.15) is 5.75 Å². The lowest BCUT2D eigenvalue weighted by molar-refractivity contribution is 0.153. The van der Waals surface area contributed by atoms with E-state index in [1.807, 2.05) is 25.1 Å². The summed E-state index contributed by atoms with van der Waals surface area (Å²) in [5.74, 6) is 0.825. The molecule has 0 saturated carbocycles. The average molecular weight is 195 g/mol. The summed E-state index contributed by atoms with van der Waals surface area (Å²) in [5.41, 5.74) is 7.44. The van der Waals surface area contributed by atoms with Crippen LogP contribution in [-0.4, -0.2) is 18.3 Å². The van der Waals surface area contributed by atoms with E-state index in [0.717, 1.165) is 16.9 Å². The van der Waals surface area contributed by atoms with Crippen molar-refractivity contribution in [1.29, 1.82) is 0 Å². The predicted octanol–water partition coefficient (Wildman–Crippen LogP) is 1.38. The minimum absolute atomic E-state index is 0.261. The summed E-state index contributed by atoms with van der Waals surface area (Å²) < 4.78 is 5.13. The number of aliphatic hydroxyl groups is 1. The maximum Gasteiger partial charge on any atom is 0.121 e. The zero-order valence-corrected chi connectivity index (χ0v) is 8.82. The lowest BCUT2D eigenvalue weighted by Crippen LogP contribution is -2.24. The largest absolute Gasteiger partial charge is 0.496 e. The summed E-state index contributed by atoms with van der Waals surface area (Å²) >= 11 is 0. The van der Waals surface area contributed by atoms with E-state index in [0.29, 0.717) is 0 Å². The van der Waals surface area contributed by atoms with E-state index in [2.05, 4.69) is 0 Å². The van der Waals surface area contributed by atoms with Crippen LogP contribution in [-0.2, 0) is 0 Å². The minimum atomic E-state index is -0.611. The molecule has 0 aliphatic heterocycles. The Bertz CT molecular complexity index is 310. The fourth-order valence-corrected chi connectivity index (χ4v) is 1.39. The van der Waals surface area contributed by atoms with Gasteiger partial charge >= 0.3 is 0 Å². The van der Waals surface area contributed by atoms with Gasteiger partial charge < -0.3 is 15.6 Å². The van der Waals surface area contributed by atoms with Crippen molar-refractivity contribution < 1.29 is 9.84 Å². The van der Waals surface area contributed by atoms with E-state index in [1.54, 1.807) is 14.0 Å². The van der Waals surface area contributed by atoms with E-state index in [1.165, 1.54) is 0 Å². The quantitative estimate of drug-likeness (QED) is 0.766. The van der Waals surface area contributed by atoms with Crippen LogP contribution in [0.5, 0.6) is 5.75 Å². The number of ether oxygens (including phenoxy) is 1. The highest BCUT2D eigenvalue weighted by molar-refractivity contribution is 5.37. The number of methoxy groups -OCH3 is 1. The van der Waals surface area contributed by atoms with E-state index in [9.17, 15) is 5.11 Å². The molecule has 1 aromatic rings. The Labute approximate surface area is 84.5 Å². The molecule has 0 heterocycles. The highest BCUT2D eigenvalue weighted by Crippen LogP contribution is 2.23. The molecule has 0 bridgehead atoms. The first-order valence-electron chi connectivity index (χ1n) is 4.64. The normalized spacial score (nSPS) is 14.9. The van der Waals surface area contributed by atoms with Crippen molar-refractivity contribution in [3.8, 4) is 5.75 Å². The summed E-state index contributed by atoms with van der Waals surface area (Å²) in [6.07, 6.45) is -0.611. The molecule has 0 aliphatic rings. The fourth-order valence-electron chi connectivity index (χ4n) is 1.39. The van der Waals surface area contributed by atoms with Crippen molar-refractivity contribution in [3.63, 3.8) is 0 Å². The number of rotatable bonds is 3. The number of aliphatic hydroxyl groups excluding tert-OH is 1. The van der Waals surface area contributed by atoms with Crippen molar-refractivity contribution in [2.75, 3.05) is 7.11 Å². The summed E-state index contributed by atoms with van der Waals surface area (Å²) in [6, 6.07) is 5.31. The van der Waals surface area contributed by atoms with Crippen molar-refractivity contribution in [2.45, 2.75) is 26.0 Å². The Morgan fingerprint density at radius 2 is 2.07 bits per heavy atom. The van der Waals surface area contributed by atoms with E-state index < -0.39 is 6.10 Å². The van der Waals surface area contributed by atoms with E-state index in [-0.39, 0.29) is 6.04 Å².